The normalized spacial score (nSPS) is 11.1. The smallest absolute Gasteiger partial charge is 0.312 e. The molecule has 0 aliphatic heterocycles. The summed E-state index contributed by atoms with van der Waals surface area (Å²) in [5.41, 5.74) is 5.21. The Morgan fingerprint density at radius 2 is 1.95 bits per heavy atom. The van der Waals surface area contributed by atoms with E-state index in [1.165, 1.54) is 18.2 Å². The number of hydrogen-bond acceptors (Lipinski definition) is 4. The van der Waals surface area contributed by atoms with Crippen molar-refractivity contribution in [3.63, 3.8) is 0 Å². The first-order valence-electron chi connectivity index (χ1n) is 6.03. The summed E-state index contributed by atoms with van der Waals surface area (Å²) < 4.78 is 26.3. The maximum Gasteiger partial charge on any atom is 0.312 e. The van der Waals surface area contributed by atoms with Crippen molar-refractivity contribution in [2.75, 3.05) is 13.1 Å². The highest BCUT2D eigenvalue weighted by atomic mass is 32.2. The molecule has 0 aliphatic carbocycles. The zero-order valence-corrected chi connectivity index (χ0v) is 11.9. The molecule has 0 bridgehead atoms. The molecule has 0 spiro atoms. The lowest BCUT2D eigenvalue weighted by Crippen LogP contribution is -2.37. The summed E-state index contributed by atoms with van der Waals surface area (Å²) in [5, 5.41) is 2.27. The first-order valence-corrected chi connectivity index (χ1v) is 7.51. The van der Waals surface area contributed by atoms with Crippen molar-refractivity contribution in [3.8, 4) is 0 Å². The van der Waals surface area contributed by atoms with Crippen molar-refractivity contribution in [1.82, 2.24) is 10.0 Å². The number of nitrogens with one attached hydrogen (secondary N) is 2. The minimum atomic E-state index is -3.72. The molecule has 20 heavy (non-hydrogen) atoms. The number of carbonyl (C=O) groups is 2. The summed E-state index contributed by atoms with van der Waals surface area (Å²) in [7, 11) is -3.72. The van der Waals surface area contributed by atoms with Gasteiger partial charge in [0, 0.05) is 25.1 Å². The van der Waals surface area contributed by atoms with Crippen LogP contribution in [0.4, 0.5) is 4.79 Å². The number of urea groups is 1. The van der Waals surface area contributed by atoms with Crippen LogP contribution >= 0.6 is 0 Å². The van der Waals surface area contributed by atoms with E-state index in [1.807, 2.05) is 0 Å². The lowest BCUT2D eigenvalue weighted by atomic mass is 10.1. The largest absolute Gasteiger partial charge is 0.352 e. The van der Waals surface area contributed by atoms with Gasteiger partial charge in [0.2, 0.25) is 10.0 Å². The molecule has 0 unspecified atom stereocenters. The van der Waals surface area contributed by atoms with Gasteiger partial charge in [0.1, 0.15) is 0 Å². The first-order chi connectivity index (χ1) is 9.36. The van der Waals surface area contributed by atoms with Gasteiger partial charge in [-0.15, -0.1) is 0 Å². The minimum Gasteiger partial charge on any atom is -0.352 e. The molecule has 2 amide bonds. The predicted molar refractivity (Wildman–Crippen MR) is 73.8 cm³/mol. The summed E-state index contributed by atoms with van der Waals surface area (Å²) >= 11 is 0. The second kappa shape index (κ2) is 7.01. The first kappa shape index (κ1) is 16.1. The molecule has 110 valence electrons. The fourth-order valence-corrected chi connectivity index (χ4v) is 2.57. The zero-order chi connectivity index (χ0) is 15.2. The summed E-state index contributed by atoms with van der Waals surface area (Å²) in [4.78, 5) is 22.0. The molecule has 0 atom stereocenters. The Labute approximate surface area is 117 Å². The second-order valence-corrected chi connectivity index (χ2v) is 5.76. The molecule has 8 heteroatoms. The van der Waals surface area contributed by atoms with Crippen LogP contribution in [-0.4, -0.2) is 33.3 Å². The molecule has 1 aromatic rings. The molecule has 4 N–H and O–H groups in total. The van der Waals surface area contributed by atoms with Gasteiger partial charge in [-0.1, -0.05) is 19.1 Å². The van der Waals surface area contributed by atoms with Gasteiger partial charge in [-0.25, -0.2) is 17.9 Å². The Hall–Kier alpha value is -1.93. The zero-order valence-electron chi connectivity index (χ0n) is 11.0. The van der Waals surface area contributed by atoms with Crippen molar-refractivity contribution < 1.29 is 18.0 Å². The molecule has 0 aliphatic rings. The molecular weight excluding hydrogens is 282 g/mol. The molecular formula is C12H17N3O4S. The maximum atomic E-state index is 12.0. The molecule has 1 aromatic carbocycles. The number of ketones is 1. The van der Waals surface area contributed by atoms with E-state index in [0.29, 0.717) is 12.0 Å². The van der Waals surface area contributed by atoms with E-state index in [4.69, 9.17) is 5.73 Å². The quantitative estimate of drug-likeness (QED) is 0.493. The van der Waals surface area contributed by atoms with Gasteiger partial charge in [0.15, 0.2) is 5.78 Å². The number of benzene rings is 1. The van der Waals surface area contributed by atoms with Crippen LogP contribution in [0.5, 0.6) is 0 Å². The predicted octanol–water partition coefficient (Wildman–Crippen LogP) is 0.226. The highest BCUT2D eigenvalue weighted by Gasteiger charge is 2.15. The standard InChI is InChI=1S/C12H17N3O4S/c1-2-11(16)9-4-3-5-10(8-9)20(18,19)15-7-6-14-12(13)17/h3-5,8,15H,2,6-7H2,1H3,(H3,13,14,17). The van der Waals surface area contributed by atoms with Crippen LogP contribution in [0.25, 0.3) is 0 Å². The highest BCUT2D eigenvalue weighted by Crippen LogP contribution is 2.12. The van der Waals surface area contributed by atoms with E-state index < -0.39 is 16.1 Å². The number of sulfonamides is 1. The SMILES string of the molecule is CCC(=O)c1cccc(S(=O)(=O)NCCNC(N)=O)c1. The van der Waals surface area contributed by atoms with Gasteiger partial charge in [0.05, 0.1) is 4.90 Å². The van der Waals surface area contributed by atoms with Crippen LogP contribution in [0.2, 0.25) is 0 Å². The third kappa shape index (κ3) is 4.63. The van der Waals surface area contributed by atoms with Gasteiger partial charge in [0.25, 0.3) is 0 Å². The molecule has 0 heterocycles. The second-order valence-electron chi connectivity index (χ2n) is 3.99. The van der Waals surface area contributed by atoms with Crippen LogP contribution in [0.1, 0.15) is 23.7 Å². The summed E-state index contributed by atoms with van der Waals surface area (Å²) in [6.07, 6.45) is 0.305. The lowest BCUT2D eigenvalue weighted by molar-refractivity contribution is 0.0988. The Bertz CT molecular complexity index is 598. The van der Waals surface area contributed by atoms with Gasteiger partial charge < -0.3 is 11.1 Å². The van der Waals surface area contributed by atoms with E-state index in [2.05, 4.69) is 10.0 Å². The maximum absolute atomic E-state index is 12.0. The average molecular weight is 299 g/mol. The number of primary amides is 1. The number of nitrogens with two attached hydrogens (primary N) is 1. The Morgan fingerprint density at radius 3 is 2.55 bits per heavy atom. The van der Waals surface area contributed by atoms with Crippen LogP contribution in [0.3, 0.4) is 0 Å². The van der Waals surface area contributed by atoms with Gasteiger partial charge in [-0.3, -0.25) is 4.79 Å². The molecule has 0 aromatic heterocycles. The van der Waals surface area contributed by atoms with Gasteiger partial charge in [-0.05, 0) is 12.1 Å². The molecule has 0 saturated carbocycles. The highest BCUT2D eigenvalue weighted by molar-refractivity contribution is 7.89. The number of rotatable bonds is 7. The van der Waals surface area contributed by atoms with Crippen molar-refractivity contribution >= 4 is 21.8 Å². The number of hydrogen-bond donors (Lipinski definition) is 3. The van der Waals surface area contributed by atoms with Crippen molar-refractivity contribution in [3.05, 3.63) is 29.8 Å². The van der Waals surface area contributed by atoms with Crippen LogP contribution in [0, 0.1) is 0 Å². The molecule has 0 saturated heterocycles. The van der Waals surface area contributed by atoms with Gasteiger partial charge >= 0.3 is 6.03 Å². The number of Topliss-reactive ketones (excluding diaryl/α,β-unsaturated/α-hetero) is 1. The Balaban J connectivity index is 2.77. The Morgan fingerprint density at radius 1 is 1.25 bits per heavy atom. The third-order valence-corrected chi connectivity index (χ3v) is 3.96. The number of carbonyl (C=O) groups excluding carboxylic acids is 2. The van der Waals surface area contributed by atoms with Crippen LogP contribution in [-0.2, 0) is 10.0 Å². The van der Waals surface area contributed by atoms with Crippen LogP contribution < -0.4 is 15.8 Å². The molecule has 0 fully saturated rings. The van der Waals surface area contributed by atoms with E-state index in [1.54, 1.807) is 13.0 Å². The fraction of sp³-hybridized carbons (Fsp3) is 0.333. The fourth-order valence-electron chi connectivity index (χ4n) is 1.50. The monoisotopic (exact) mass is 299 g/mol. The van der Waals surface area contributed by atoms with E-state index >= 15 is 0 Å². The van der Waals surface area contributed by atoms with Gasteiger partial charge in [-0.2, -0.15) is 0 Å². The molecule has 1 rings (SSSR count). The summed E-state index contributed by atoms with van der Waals surface area (Å²) in [5.74, 6) is -0.127. The third-order valence-electron chi connectivity index (χ3n) is 2.50. The number of amides is 2. The van der Waals surface area contributed by atoms with Crippen molar-refractivity contribution in [2.24, 2.45) is 5.73 Å². The topological polar surface area (TPSA) is 118 Å². The Kier molecular flexibility index (Phi) is 5.66. The summed E-state index contributed by atoms with van der Waals surface area (Å²) in [6, 6.07) is 5.09. The summed E-state index contributed by atoms with van der Waals surface area (Å²) in [6.45, 7) is 1.80. The van der Waals surface area contributed by atoms with Crippen molar-refractivity contribution in [2.45, 2.75) is 18.2 Å². The van der Waals surface area contributed by atoms with E-state index in [0.717, 1.165) is 0 Å². The molecule has 7 nitrogen and oxygen atoms in total. The lowest BCUT2D eigenvalue weighted by Gasteiger charge is -2.08. The minimum absolute atomic E-state index is 0.0101. The molecule has 0 radical (unpaired) electrons. The van der Waals surface area contributed by atoms with E-state index in [-0.39, 0.29) is 23.8 Å². The van der Waals surface area contributed by atoms with E-state index in [9.17, 15) is 18.0 Å². The average Bonchev–Trinajstić information content (AvgIpc) is 2.42. The van der Waals surface area contributed by atoms with Crippen LogP contribution in [0.15, 0.2) is 29.2 Å². The van der Waals surface area contributed by atoms with Crippen molar-refractivity contribution in [1.29, 1.82) is 0 Å².